The number of thiophene rings is 1. The van der Waals surface area contributed by atoms with Gasteiger partial charge < -0.3 is 15.3 Å². The number of likely N-dealkylation sites (tertiary alicyclic amines) is 1. The van der Waals surface area contributed by atoms with Gasteiger partial charge in [0.1, 0.15) is 17.0 Å². The van der Waals surface area contributed by atoms with Gasteiger partial charge in [0.05, 0.1) is 16.4 Å². The molecule has 1 atom stereocenters. The molecule has 1 aliphatic heterocycles. The van der Waals surface area contributed by atoms with Crippen LogP contribution in [0.3, 0.4) is 0 Å². The molecule has 1 saturated heterocycles. The summed E-state index contributed by atoms with van der Waals surface area (Å²) in [5.41, 5.74) is 2.47. The molecule has 2 aliphatic rings. The van der Waals surface area contributed by atoms with Gasteiger partial charge in [-0.05, 0) is 57.4 Å². The first-order chi connectivity index (χ1) is 13.6. The van der Waals surface area contributed by atoms with Gasteiger partial charge in [0.15, 0.2) is 0 Å². The Kier molecular flexibility index (Phi) is 5.92. The zero-order valence-electron chi connectivity index (χ0n) is 16.4. The zero-order valence-corrected chi connectivity index (χ0v) is 17.2. The van der Waals surface area contributed by atoms with E-state index in [2.05, 4.69) is 21.4 Å². The smallest absolute Gasteiger partial charge is 0.264 e. The van der Waals surface area contributed by atoms with Gasteiger partial charge >= 0.3 is 0 Å². The Labute approximate surface area is 169 Å². The molecule has 1 aliphatic carbocycles. The van der Waals surface area contributed by atoms with Crippen molar-refractivity contribution >= 4 is 33.3 Å². The lowest BCUT2D eigenvalue weighted by Crippen LogP contribution is -2.42. The number of rotatable bonds is 5. The van der Waals surface area contributed by atoms with E-state index in [1.54, 1.807) is 11.2 Å². The number of aromatic nitrogens is 2. The summed E-state index contributed by atoms with van der Waals surface area (Å²) in [4.78, 5) is 25.2. The third-order valence-electron chi connectivity index (χ3n) is 5.73. The van der Waals surface area contributed by atoms with E-state index in [9.17, 15) is 9.90 Å². The quantitative estimate of drug-likeness (QED) is 0.744. The Balaban J connectivity index is 1.52. The second-order valence-electron chi connectivity index (χ2n) is 7.79. The molecule has 150 valence electrons. The van der Waals surface area contributed by atoms with E-state index in [0.717, 1.165) is 47.4 Å². The summed E-state index contributed by atoms with van der Waals surface area (Å²) in [5, 5.41) is 14.3. The Bertz CT molecular complexity index is 892. The maximum absolute atomic E-state index is 13.0. The molecule has 0 spiro atoms. The number of allylic oxidation sites excluding steroid dienone is 1. The van der Waals surface area contributed by atoms with Crippen LogP contribution in [0.5, 0.6) is 0 Å². The molecule has 0 radical (unpaired) electrons. The van der Waals surface area contributed by atoms with Gasteiger partial charge in [-0.15, -0.1) is 11.3 Å². The topological polar surface area (TPSA) is 78.4 Å². The monoisotopic (exact) mass is 400 g/mol. The number of anilines is 1. The molecule has 3 heterocycles. The molecule has 4 rings (SSSR count). The van der Waals surface area contributed by atoms with E-state index in [-0.39, 0.29) is 5.91 Å². The standard InChI is InChI=1S/C21H28N4O2S/c1-14-17-19(22-10-9-15-6-3-2-4-7-15)23-13-24-20(17)28-18(14)21(27)25-11-5-8-16(26)12-25/h6,13,16,26H,2-5,7-12H2,1H3,(H,22,23,24). The molecular weight excluding hydrogens is 372 g/mol. The molecule has 1 fully saturated rings. The molecule has 1 amide bonds. The molecular formula is C21H28N4O2S. The van der Waals surface area contributed by atoms with Crippen molar-refractivity contribution in [2.75, 3.05) is 25.0 Å². The maximum Gasteiger partial charge on any atom is 0.264 e. The van der Waals surface area contributed by atoms with Crippen LogP contribution in [0, 0.1) is 6.92 Å². The highest BCUT2D eigenvalue weighted by molar-refractivity contribution is 7.20. The third kappa shape index (κ3) is 4.05. The van der Waals surface area contributed by atoms with Crippen LogP contribution >= 0.6 is 11.3 Å². The van der Waals surface area contributed by atoms with Crippen LogP contribution in [0.2, 0.25) is 0 Å². The Hall–Kier alpha value is -1.99. The van der Waals surface area contributed by atoms with Crippen molar-refractivity contribution in [2.45, 2.75) is 58.0 Å². The summed E-state index contributed by atoms with van der Waals surface area (Å²) < 4.78 is 0. The molecule has 0 bridgehead atoms. The highest BCUT2D eigenvalue weighted by atomic mass is 32.1. The number of aliphatic hydroxyl groups excluding tert-OH is 1. The van der Waals surface area contributed by atoms with Crippen molar-refractivity contribution in [3.63, 3.8) is 0 Å². The van der Waals surface area contributed by atoms with Gasteiger partial charge in [0, 0.05) is 19.6 Å². The average molecular weight is 401 g/mol. The lowest BCUT2D eigenvalue weighted by atomic mass is 9.97. The largest absolute Gasteiger partial charge is 0.391 e. The van der Waals surface area contributed by atoms with Crippen LogP contribution in [0.15, 0.2) is 18.0 Å². The van der Waals surface area contributed by atoms with Crippen molar-refractivity contribution in [1.29, 1.82) is 0 Å². The predicted octanol–water partition coefficient (Wildman–Crippen LogP) is 3.90. The van der Waals surface area contributed by atoms with E-state index in [1.165, 1.54) is 42.6 Å². The summed E-state index contributed by atoms with van der Waals surface area (Å²) in [7, 11) is 0. The second kappa shape index (κ2) is 8.57. The van der Waals surface area contributed by atoms with Gasteiger partial charge in [-0.1, -0.05) is 11.6 Å². The van der Waals surface area contributed by atoms with Gasteiger partial charge in [-0.25, -0.2) is 9.97 Å². The number of fused-ring (bicyclic) bond motifs is 1. The molecule has 1 unspecified atom stereocenters. The molecule has 2 aromatic heterocycles. The van der Waals surface area contributed by atoms with Gasteiger partial charge in [0.2, 0.25) is 0 Å². The summed E-state index contributed by atoms with van der Waals surface area (Å²) in [6, 6.07) is 0. The number of aliphatic hydroxyl groups is 1. The fraction of sp³-hybridized carbons (Fsp3) is 0.571. The van der Waals surface area contributed by atoms with E-state index in [4.69, 9.17) is 0 Å². The van der Waals surface area contributed by atoms with Crippen LogP contribution in [0.25, 0.3) is 10.2 Å². The van der Waals surface area contributed by atoms with Gasteiger partial charge in [0.25, 0.3) is 5.91 Å². The summed E-state index contributed by atoms with van der Waals surface area (Å²) >= 11 is 1.43. The number of carbonyl (C=O) groups excluding carboxylic acids is 1. The molecule has 2 N–H and O–H groups in total. The number of hydrogen-bond donors (Lipinski definition) is 2. The second-order valence-corrected chi connectivity index (χ2v) is 8.79. The van der Waals surface area contributed by atoms with Crippen molar-refractivity contribution in [3.05, 3.63) is 28.4 Å². The first-order valence-electron chi connectivity index (χ1n) is 10.3. The highest BCUT2D eigenvalue weighted by Gasteiger charge is 2.27. The molecule has 2 aromatic rings. The summed E-state index contributed by atoms with van der Waals surface area (Å²) in [5.74, 6) is 0.811. The summed E-state index contributed by atoms with van der Waals surface area (Å²) in [6.07, 6.45) is 11.2. The number of nitrogens with one attached hydrogen (secondary N) is 1. The number of piperidine rings is 1. The lowest BCUT2D eigenvalue weighted by molar-refractivity contribution is 0.0477. The average Bonchev–Trinajstić information content (AvgIpc) is 3.06. The number of aryl methyl sites for hydroxylation is 1. The zero-order chi connectivity index (χ0) is 19.5. The number of carbonyl (C=O) groups is 1. The van der Waals surface area contributed by atoms with Crippen molar-refractivity contribution in [2.24, 2.45) is 0 Å². The minimum absolute atomic E-state index is 0.00226. The minimum atomic E-state index is -0.418. The van der Waals surface area contributed by atoms with E-state index in [0.29, 0.717) is 18.0 Å². The molecule has 6 nitrogen and oxygen atoms in total. The Morgan fingerprint density at radius 2 is 2.25 bits per heavy atom. The first kappa shape index (κ1) is 19.3. The normalized spacial score (nSPS) is 20.3. The number of hydrogen-bond acceptors (Lipinski definition) is 6. The Morgan fingerprint density at radius 1 is 1.36 bits per heavy atom. The van der Waals surface area contributed by atoms with Crippen molar-refractivity contribution < 1.29 is 9.90 Å². The van der Waals surface area contributed by atoms with E-state index >= 15 is 0 Å². The van der Waals surface area contributed by atoms with Crippen molar-refractivity contribution in [1.82, 2.24) is 14.9 Å². The molecule has 28 heavy (non-hydrogen) atoms. The fourth-order valence-corrected chi connectivity index (χ4v) is 5.28. The molecule has 0 aromatic carbocycles. The number of β-amino-alcohol motifs (C(OH)–C–C–N with tert-alkyl or cyclic N) is 1. The van der Waals surface area contributed by atoms with Crippen LogP contribution in [-0.2, 0) is 0 Å². The maximum atomic E-state index is 13.0. The first-order valence-corrected chi connectivity index (χ1v) is 11.1. The van der Waals surface area contributed by atoms with E-state index < -0.39 is 6.10 Å². The predicted molar refractivity (Wildman–Crippen MR) is 113 cm³/mol. The SMILES string of the molecule is Cc1c(C(=O)N2CCCC(O)C2)sc2ncnc(NCCC3=CCCCC3)c12. The highest BCUT2D eigenvalue weighted by Crippen LogP contribution is 2.34. The van der Waals surface area contributed by atoms with Gasteiger partial charge in [-0.2, -0.15) is 0 Å². The van der Waals surface area contributed by atoms with Crippen molar-refractivity contribution in [3.8, 4) is 0 Å². The van der Waals surface area contributed by atoms with Gasteiger partial charge in [-0.3, -0.25) is 4.79 Å². The summed E-state index contributed by atoms with van der Waals surface area (Å²) in [6.45, 7) is 3.94. The van der Waals surface area contributed by atoms with E-state index in [1.807, 2.05) is 6.92 Å². The minimum Gasteiger partial charge on any atom is -0.391 e. The van der Waals surface area contributed by atoms with Crippen LogP contribution in [0.1, 0.15) is 60.2 Å². The molecule has 0 saturated carbocycles. The Morgan fingerprint density at radius 3 is 3.04 bits per heavy atom. The lowest BCUT2D eigenvalue weighted by Gasteiger charge is -2.29. The molecule has 7 heteroatoms. The van der Waals surface area contributed by atoms with Crippen LogP contribution in [-0.4, -0.2) is 51.6 Å². The number of amides is 1. The third-order valence-corrected chi connectivity index (χ3v) is 6.92. The van der Waals surface area contributed by atoms with Crippen LogP contribution in [0.4, 0.5) is 5.82 Å². The number of nitrogens with zero attached hydrogens (tertiary/aromatic N) is 3. The van der Waals surface area contributed by atoms with Crippen LogP contribution < -0.4 is 5.32 Å². The fourth-order valence-electron chi connectivity index (χ4n) is 4.17.